The highest BCUT2D eigenvalue weighted by Crippen LogP contribution is 2.45. The maximum atomic E-state index is 13.8. The van der Waals surface area contributed by atoms with E-state index < -0.39 is 16.1 Å². The number of aromatic nitrogens is 2. The first kappa shape index (κ1) is 31.4. The number of amides is 1. The van der Waals surface area contributed by atoms with Crippen LogP contribution in [-0.2, 0) is 24.5 Å². The Bertz CT molecular complexity index is 1630. The van der Waals surface area contributed by atoms with Crippen molar-refractivity contribution in [2.45, 2.75) is 63.5 Å². The monoisotopic (exact) mass is 623 g/mol. The first-order valence-corrected chi connectivity index (χ1v) is 16.7. The molecule has 234 valence electrons. The number of rotatable bonds is 9. The number of benzene rings is 2. The van der Waals surface area contributed by atoms with Crippen LogP contribution >= 0.6 is 0 Å². The molecule has 1 amide bonds. The van der Waals surface area contributed by atoms with Gasteiger partial charge in [-0.15, -0.1) is 4.31 Å². The largest absolute Gasteiger partial charge is 0.597 e. The molecular formula is C36H41N5O3S. The molecule has 2 aromatic carbocycles. The molecule has 1 fully saturated rings. The smallest absolute Gasteiger partial charge is 0.270 e. The fourth-order valence-electron chi connectivity index (χ4n) is 6.38. The van der Waals surface area contributed by atoms with Gasteiger partial charge in [-0.1, -0.05) is 54.6 Å². The average molecular weight is 624 g/mol. The molecule has 45 heavy (non-hydrogen) atoms. The van der Waals surface area contributed by atoms with Gasteiger partial charge in [-0.25, -0.2) is 4.98 Å². The van der Waals surface area contributed by atoms with Crippen LogP contribution in [0.1, 0.15) is 66.8 Å². The lowest BCUT2D eigenvalue weighted by Gasteiger charge is -2.33. The number of carbonyl (C=O) groups excluding carboxylic acids is 1. The highest BCUT2D eigenvalue weighted by atomic mass is 32.2. The van der Waals surface area contributed by atoms with E-state index in [2.05, 4.69) is 45.5 Å². The molecule has 0 saturated carbocycles. The molecule has 0 radical (unpaired) electrons. The van der Waals surface area contributed by atoms with Crippen molar-refractivity contribution < 1.29 is 14.5 Å². The van der Waals surface area contributed by atoms with E-state index in [0.29, 0.717) is 24.4 Å². The van der Waals surface area contributed by atoms with Gasteiger partial charge >= 0.3 is 0 Å². The predicted molar refractivity (Wildman–Crippen MR) is 178 cm³/mol. The van der Waals surface area contributed by atoms with Crippen LogP contribution in [0.3, 0.4) is 0 Å². The van der Waals surface area contributed by atoms with E-state index in [9.17, 15) is 14.5 Å². The first-order valence-electron chi connectivity index (χ1n) is 15.6. The van der Waals surface area contributed by atoms with Crippen molar-refractivity contribution in [3.8, 4) is 22.4 Å². The van der Waals surface area contributed by atoms with Gasteiger partial charge in [0, 0.05) is 72.7 Å². The molecule has 2 N–H and O–H groups in total. The number of carbonyl (C=O) groups is 1. The quantitative estimate of drug-likeness (QED) is 0.237. The van der Waals surface area contributed by atoms with Crippen molar-refractivity contribution in [3.63, 3.8) is 0 Å². The van der Waals surface area contributed by atoms with Crippen LogP contribution in [0, 0.1) is 0 Å². The highest BCUT2D eigenvalue weighted by molar-refractivity contribution is 7.90. The molecule has 0 bridgehead atoms. The van der Waals surface area contributed by atoms with Crippen LogP contribution in [-0.4, -0.2) is 65.2 Å². The number of aliphatic hydroxyl groups excluding tert-OH is 1. The van der Waals surface area contributed by atoms with Gasteiger partial charge in [0.05, 0.1) is 18.3 Å². The number of nitrogens with one attached hydrogen (secondary N) is 1. The number of aliphatic hydroxyl groups is 1. The molecule has 4 heterocycles. The number of hydrogen-bond donors (Lipinski definition) is 2. The molecule has 6 rings (SSSR count). The van der Waals surface area contributed by atoms with E-state index in [-0.39, 0.29) is 24.6 Å². The summed E-state index contributed by atoms with van der Waals surface area (Å²) in [7, 11) is 0. The van der Waals surface area contributed by atoms with Crippen molar-refractivity contribution in [1.29, 1.82) is 0 Å². The Kier molecular flexibility index (Phi) is 9.35. The molecule has 3 atom stereocenters. The summed E-state index contributed by atoms with van der Waals surface area (Å²) < 4.78 is 15.2. The predicted octanol–water partition coefficient (Wildman–Crippen LogP) is 5.52. The number of likely N-dealkylation sites (tertiary alicyclic amines) is 1. The molecule has 0 aliphatic carbocycles. The Hall–Kier alpha value is -3.60. The second kappa shape index (κ2) is 13.4. The highest BCUT2D eigenvalue weighted by Gasteiger charge is 2.45. The normalized spacial score (nSPS) is 19.4. The Morgan fingerprint density at radius 2 is 1.82 bits per heavy atom. The zero-order chi connectivity index (χ0) is 31.6. The van der Waals surface area contributed by atoms with Crippen LogP contribution < -0.4 is 5.32 Å². The molecule has 2 aliphatic heterocycles. The fourth-order valence-corrected chi connectivity index (χ4v) is 7.78. The molecule has 2 aliphatic rings. The third-order valence-electron chi connectivity index (χ3n) is 8.51. The van der Waals surface area contributed by atoms with Crippen LogP contribution in [0.15, 0.2) is 85.2 Å². The van der Waals surface area contributed by atoms with Crippen molar-refractivity contribution in [2.75, 3.05) is 19.7 Å². The number of hydrogen-bond acceptors (Lipinski definition) is 7. The van der Waals surface area contributed by atoms with Gasteiger partial charge in [0.2, 0.25) is 0 Å². The number of fused-ring (bicyclic) bond motifs is 1. The Morgan fingerprint density at radius 1 is 1.04 bits per heavy atom. The van der Waals surface area contributed by atoms with Gasteiger partial charge in [-0.2, -0.15) is 0 Å². The van der Waals surface area contributed by atoms with Gasteiger partial charge in [0.25, 0.3) is 5.91 Å². The Morgan fingerprint density at radius 3 is 2.56 bits per heavy atom. The Labute approximate surface area is 268 Å². The summed E-state index contributed by atoms with van der Waals surface area (Å²) in [6, 6.07) is 24.0. The van der Waals surface area contributed by atoms with Crippen molar-refractivity contribution in [1.82, 2.24) is 24.5 Å². The summed E-state index contributed by atoms with van der Waals surface area (Å²) >= 11 is -1.33. The topological polar surface area (TPSA) is 105 Å². The van der Waals surface area contributed by atoms with Crippen LogP contribution in [0.2, 0.25) is 0 Å². The minimum atomic E-state index is -1.33. The molecule has 1 saturated heterocycles. The lowest BCUT2D eigenvalue weighted by molar-refractivity contribution is 0.0932. The summed E-state index contributed by atoms with van der Waals surface area (Å²) in [4.78, 5) is 25.5. The molecular weight excluding hydrogens is 582 g/mol. The van der Waals surface area contributed by atoms with E-state index in [1.54, 1.807) is 6.20 Å². The van der Waals surface area contributed by atoms with Gasteiger partial charge in [0.1, 0.15) is 10.4 Å². The molecule has 1 unspecified atom stereocenters. The summed E-state index contributed by atoms with van der Waals surface area (Å²) in [5, 5.41) is 13.4. The van der Waals surface area contributed by atoms with Crippen molar-refractivity contribution in [3.05, 3.63) is 108 Å². The zero-order valence-electron chi connectivity index (χ0n) is 26.1. The van der Waals surface area contributed by atoms with Crippen LogP contribution in [0.25, 0.3) is 22.4 Å². The van der Waals surface area contributed by atoms with Crippen molar-refractivity contribution >= 4 is 17.3 Å². The molecule has 4 aromatic rings. The first-order chi connectivity index (χ1) is 21.7. The third kappa shape index (κ3) is 6.98. The van der Waals surface area contributed by atoms with E-state index in [1.807, 2.05) is 73.7 Å². The lowest BCUT2D eigenvalue weighted by Crippen LogP contribution is -2.42. The van der Waals surface area contributed by atoms with Gasteiger partial charge < -0.3 is 15.0 Å². The maximum absolute atomic E-state index is 13.8. The molecule has 8 nitrogen and oxygen atoms in total. The minimum Gasteiger partial charge on any atom is -0.597 e. The van der Waals surface area contributed by atoms with E-state index in [1.165, 1.54) is 5.56 Å². The third-order valence-corrected chi connectivity index (χ3v) is 10.4. The lowest BCUT2D eigenvalue weighted by atomic mass is 9.94. The van der Waals surface area contributed by atoms with E-state index in [0.717, 1.165) is 53.9 Å². The van der Waals surface area contributed by atoms with E-state index >= 15 is 0 Å². The maximum Gasteiger partial charge on any atom is 0.270 e. The zero-order valence-corrected chi connectivity index (χ0v) is 27.0. The average Bonchev–Trinajstić information content (AvgIpc) is 3.64. The Balaban J connectivity index is 1.34. The molecule has 0 spiro atoms. The SMILES string of the molecule is CC(C)(C)[S+]([O-])N1Cc2cc(C(=O)N[C@@H]3CCN(Cc4ccccc4)C3)nc(-c3cccc(-c4cccnc4)c3)c2[C@H]1CCO. The second-order valence-electron chi connectivity index (χ2n) is 12.9. The van der Waals surface area contributed by atoms with Crippen molar-refractivity contribution in [2.24, 2.45) is 0 Å². The van der Waals surface area contributed by atoms with E-state index in [4.69, 9.17) is 4.98 Å². The number of nitrogens with zero attached hydrogens (tertiary/aromatic N) is 4. The van der Waals surface area contributed by atoms with Crippen LogP contribution in [0.5, 0.6) is 0 Å². The summed E-state index contributed by atoms with van der Waals surface area (Å²) in [5.74, 6) is -0.205. The van der Waals surface area contributed by atoms with Gasteiger partial charge in [-0.3, -0.25) is 14.7 Å². The summed E-state index contributed by atoms with van der Waals surface area (Å²) in [6.45, 7) is 8.79. The molecule has 9 heteroatoms. The van der Waals surface area contributed by atoms with Gasteiger partial charge in [-0.05, 0) is 68.5 Å². The molecule has 2 aromatic heterocycles. The fraction of sp³-hybridized carbons (Fsp3) is 0.361. The summed E-state index contributed by atoms with van der Waals surface area (Å²) in [6.07, 6.45) is 4.86. The second-order valence-corrected chi connectivity index (χ2v) is 15.1. The standard InChI is InChI=1S/C36H41N5O3S/c1-36(2,3)45(44)41-23-29-20-31(35(43)38-30-14-17-40(24-30)22-25-9-5-4-6-10-25)39-34(33(29)32(41)15-18-42)27-12-7-11-26(19-27)28-13-8-16-37-21-28/h4-13,16,19-21,30,32,42H,14-15,17-18,22-24H2,1-3H3,(H,38,43)/t30-,32-,45?/m1/s1. The summed E-state index contributed by atoms with van der Waals surface area (Å²) in [5.41, 5.74) is 6.98. The minimum absolute atomic E-state index is 0.0284. The van der Waals surface area contributed by atoms with Gasteiger partial charge in [0.15, 0.2) is 0 Å². The number of pyridine rings is 2. The van der Waals surface area contributed by atoms with Crippen LogP contribution in [0.4, 0.5) is 0 Å².